The first-order valence-corrected chi connectivity index (χ1v) is 11.9. The van der Waals surface area contributed by atoms with Gasteiger partial charge in [-0.15, -0.1) is 0 Å². The molecular formula is C22H24N4O3S2. The minimum Gasteiger partial charge on any atom is -0.376 e. The van der Waals surface area contributed by atoms with Crippen LogP contribution < -0.4 is 10.5 Å². The Labute approximate surface area is 190 Å². The molecule has 162 valence electrons. The Kier molecular flexibility index (Phi) is 5.58. The molecule has 0 N–H and O–H groups in total. The van der Waals surface area contributed by atoms with Crippen molar-refractivity contribution in [2.24, 2.45) is 0 Å². The molecule has 0 bridgehead atoms. The second-order valence-corrected chi connectivity index (χ2v) is 9.84. The zero-order chi connectivity index (χ0) is 21.5. The summed E-state index contributed by atoms with van der Waals surface area (Å²) >= 11 is 6.72. The van der Waals surface area contributed by atoms with E-state index in [1.807, 2.05) is 19.1 Å². The normalized spacial score (nSPS) is 23.1. The van der Waals surface area contributed by atoms with Crippen LogP contribution in [0, 0.1) is 6.92 Å². The standard InChI is InChI=1S/C22H24N4O3S2/c1-14-6-4-10-25-18(14)23-19(24-8-2-3-9-24)16(20(25)27)12-17-21(28)26(22(30)31-17)13-15-7-5-11-29-15/h4,6,10,12,15H,2-3,5,7-9,11,13H2,1H3/b17-12-/t15-/m0/s1. The van der Waals surface area contributed by atoms with E-state index in [1.165, 1.54) is 11.8 Å². The number of ether oxygens (including phenoxy) is 1. The fraction of sp³-hybridized carbons (Fsp3) is 0.455. The van der Waals surface area contributed by atoms with Crippen LogP contribution in [0.1, 0.15) is 36.8 Å². The number of carbonyl (C=O) groups excluding carboxylic acids is 1. The molecule has 0 aliphatic carbocycles. The average molecular weight is 457 g/mol. The summed E-state index contributed by atoms with van der Waals surface area (Å²) in [5.41, 5.74) is 1.87. The average Bonchev–Trinajstić information content (AvgIpc) is 3.51. The van der Waals surface area contributed by atoms with Gasteiger partial charge in [-0.1, -0.05) is 30.0 Å². The van der Waals surface area contributed by atoms with Gasteiger partial charge in [0.15, 0.2) is 0 Å². The summed E-state index contributed by atoms with van der Waals surface area (Å²) in [4.78, 5) is 35.7. The molecule has 0 spiro atoms. The zero-order valence-electron chi connectivity index (χ0n) is 17.4. The Morgan fingerprint density at radius 3 is 2.84 bits per heavy atom. The monoisotopic (exact) mass is 456 g/mol. The number of aromatic nitrogens is 2. The van der Waals surface area contributed by atoms with Crippen molar-refractivity contribution in [3.05, 3.63) is 44.7 Å². The Balaban J connectivity index is 1.57. The molecular weight excluding hydrogens is 432 g/mol. The van der Waals surface area contributed by atoms with Gasteiger partial charge in [-0.25, -0.2) is 4.98 Å². The van der Waals surface area contributed by atoms with Crippen LogP contribution >= 0.6 is 24.0 Å². The quantitative estimate of drug-likeness (QED) is 0.518. The molecule has 2 aromatic rings. The van der Waals surface area contributed by atoms with Crippen LogP contribution in [-0.4, -0.2) is 56.9 Å². The summed E-state index contributed by atoms with van der Waals surface area (Å²) in [5, 5.41) is 0. The molecule has 2 aromatic heterocycles. The maximum atomic E-state index is 13.5. The maximum Gasteiger partial charge on any atom is 0.267 e. The highest BCUT2D eigenvalue weighted by Gasteiger charge is 2.35. The molecule has 0 unspecified atom stereocenters. The molecule has 5 rings (SSSR count). The van der Waals surface area contributed by atoms with E-state index >= 15 is 0 Å². The number of fused-ring (bicyclic) bond motifs is 1. The Morgan fingerprint density at radius 2 is 2.10 bits per heavy atom. The predicted octanol–water partition coefficient (Wildman–Crippen LogP) is 2.98. The minimum atomic E-state index is -0.167. The first kappa shape index (κ1) is 20.7. The van der Waals surface area contributed by atoms with Gasteiger partial charge in [0, 0.05) is 25.9 Å². The highest BCUT2D eigenvalue weighted by molar-refractivity contribution is 8.26. The second-order valence-electron chi connectivity index (χ2n) is 8.16. The van der Waals surface area contributed by atoms with Crippen LogP contribution in [0.15, 0.2) is 28.0 Å². The fourth-order valence-electron chi connectivity index (χ4n) is 4.38. The van der Waals surface area contributed by atoms with Crippen molar-refractivity contribution < 1.29 is 9.53 Å². The molecule has 1 amide bonds. The molecule has 0 radical (unpaired) electrons. The van der Waals surface area contributed by atoms with Crippen molar-refractivity contribution in [3.63, 3.8) is 0 Å². The lowest BCUT2D eigenvalue weighted by molar-refractivity contribution is -0.123. The molecule has 9 heteroatoms. The maximum absolute atomic E-state index is 13.5. The van der Waals surface area contributed by atoms with Gasteiger partial charge in [-0.05, 0) is 50.3 Å². The molecule has 7 nitrogen and oxygen atoms in total. The van der Waals surface area contributed by atoms with E-state index in [0.717, 1.165) is 50.9 Å². The van der Waals surface area contributed by atoms with Crippen molar-refractivity contribution >= 4 is 51.7 Å². The highest BCUT2D eigenvalue weighted by atomic mass is 32.2. The lowest BCUT2D eigenvalue weighted by Crippen LogP contribution is -2.35. The number of hydrogen-bond donors (Lipinski definition) is 0. The smallest absolute Gasteiger partial charge is 0.267 e. The largest absolute Gasteiger partial charge is 0.376 e. The van der Waals surface area contributed by atoms with Gasteiger partial charge < -0.3 is 9.64 Å². The topological polar surface area (TPSA) is 67.2 Å². The van der Waals surface area contributed by atoms with Crippen LogP contribution in [0.5, 0.6) is 0 Å². The summed E-state index contributed by atoms with van der Waals surface area (Å²) in [5.74, 6) is 0.493. The molecule has 3 fully saturated rings. The summed E-state index contributed by atoms with van der Waals surface area (Å²) in [6, 6.07) is 3.79. The molecule has 31 heavy (non-hydrogen) atoms. The number of nitrogens with zero attached hydrogens (tertiary/aromatic N) is 4. The minimum absolute atomic E-state index is 0.0259. The van der Waals surface area contributed by atoms with Crippen LogP contribution in [0.2, 0.25) is 0 Å². The van der Waals surface area contributed by atoms with Gasteiger partial charge in [0.1, 0.15) is 15.8 Å². The third kappa shape index (κ3) is 3.79. The second kappa shape index (κ2) is 8.37. The third-order valence-corrected chi connectivity index (χ3v) is 7.41. The van der Waals surface area contributed by atoms with Crippen LogP contribution in [0.4, 0.5) is 5.82 Å². The third-order valence-electron chi connectivity index (χ3n) is 6.03. The fourth-order valence-corrected chi connectivity index (χ4v) is 5.63. The lowest BCUT2D eigenvalue weighted by atomic mass is 10.2. The van der Waals surface area contributed by atoms with Gasteiger partial charge in [0.25, 0.3) is 11.5 Å². The number of thioether (sulfide) groups is 1. The van der Waals surface area contributed by atoms with Gasteiger partial charge >= 0.3 is 0 Å². The predicted molar refractivity (Wildman–Crippen MR) is 126 cm³/mol. The van der Waals surface area contributed by atoms with Crippen molar-refractivity contribution in [2.45, 2.75) is 38.7 Å². The molecule has 0 saturated carbocycles. The Hall–Kier alpha value is -2.23. The molecule has 5 heterocycles. The van der Waals surface area contributed by atoms with E-state index in [1.54, 1.807) is 21.6 Å². The number of pyridine rings is 1. The number of rotatable bonds is 4. The zero-order valence-corrected chi connectivity index (χ0v) is 19.0. The SMILES string of the molecule is Cc1cccn2c(=O)c(/C=C3\SC(=S)N(C[C@@H]4CCCO4)C3=O)c(N3CCCC3)nc12. The van der Waals surface area contributed by atoms with Gasteiger partial charge in [-0.2, -0.15) is 0 Å². The molecule has 3 aliphatic rings. The number of hydrogen-bond acceptors (Lipinski definition) is 7. The van der Waals surface area contributed by atoms with Crippen molar-refractivity contribution in [1.29, 1.82) is 0 Å². The van der Waals surface area contributed by atoms with Crippen LogP contribution in [0.3, 0.4) is 0 Å². The summed E-state index contributed by atoms with van der Waals surface area (Å²) < 4.78 is 7.75. The first-order valence-electron chi connectivity index (χ1n) is 10.7. The van der Waals surface area contributed by atoms with Gasteiger partial charge in [-0.3, -0.25) is 18.9 Å². The Bertz CT molecular complexity index is 1150. The van der Waals surface area contributed by atoms with E-state index in [-0.39, 0.29) is 17.6 Å². The number of thiocarbonyl (C=S) groups is 1. The first-order chi connectivity index (χ1) is 15.0. The molecule has 0 aromatic carbocycles. The van der Waals surface area contributed by atoms with E-state index in [0.29, 0.717) is 32.8 Å². The lowest BCUT2D eigenvalue weighted by Gasteiger charge is -2.20. The number of anilines is 1. The summed E-state index contributed by atoms with van der Waals surface area (Å²) in [6.45, 7) is 4.86. The highest BCUT2D eigenvalue weighted by Crippen LogP contribution is 2.34. The number of amides is 1. The van der Waals surface area contributed by atoms with E-state index < -0.39 is 0 Å². The molecule has 1 atom stereocenters. The van der Waals surface area contributed by atoms with Crippen LogP contribution in [-0.2, 0) is 9.53 Å². The molecule has 3 saturated heterocycles. The Morgan fingerprint density at radius 1 is 1.29 bits per heavy atom. The molecule has 3 aliphatic heterocycles. The van der Waals surface area contributed by atoms with Crippen LogP contribution in [0.25, 0.3) is 11.7 Å². The van der Waals surface area contributed by atoms with E-state index in [2.05, 4.69) is 4.90 Å². The van der Waals surface area contributed by atoms with Gasteiger partial charge in [0.05, 0.1) is 23.1 Å². The van der Waals surface area contributed by atoms with Crippen molar-refractivity contribution in [1.82, 2.24) is 14.3 Å². The summed E-state index contributed by atoms with van der Waals surface area (Å²) in [7, 11) is 0. The summed E-state index contributed by atoms with van der Waals surface area (Å²) in [6.07, 6.45) is 7.52. The van der Waals surface area contributed by atoms with Gasteiger partial charge in [0.2, 0.25) is 0 Å². The van der Waals surface area contributed by atoms with Crippen molar-refractivity contribution in [3.8, 4) is 0 Å². The van der Waals surface area contributed by atoms with E-state index in [4.69, 9.17) is 21.9 Å². The van der Waals surface area contributed by atoms with E-state index in [9.17, 15) is 9.59 Å². The number of carbonyl (C=O) groups is 1. The number of aryl methyl sites for hydroxylation is 1. The van der Waals surface area contributed by atoms with Crippen molar-refractivity contribution in [2.75, 3.05) is 31.1 Å².